The summed E-state index contributed by atoms with van der Waals surface area (Å²) in [5, 5.41) is 4.04. The highest BCUT2D eigenvalue weighted by Gasteiger charge is 2.11. The Hall–Kier alpha value is -3.12. The molecule has 0 saturated heterocycles. The van der Waals surface area contributed by atoms with Gasteiger partial charge in [-0.25, -0.2) is 4.39 Å². The first-order chi connectivity index (χ1) is 13.5. The molecule has 0 spiro atoms. The van der Waals surface area contributed by atoms with Crippen LogP contribution in [-0.2, 0) is 13.1 Å². The van der Waals surface area contributed by atoms with Crippen molar-refractivity contribution >= 4 is 10.9 Å². The van der Waals surface area contributed by atoms with Crippen molar-refractivity contribution in [1.82, 2.24) is 10.3 Å². The maximum absolute atomic E-state index is 13.3. The molecule has 3 rings (SSSR count). The predicted octanol–water partition coefficient (Wildman–Crippen LogP) is 3.92. The number of halogens is 1. The lowest BCUT2D eigenvalue weighted by Gasteiger charge is -2.15. The second kappa shape index (κ2) is 8.71. The van der Waals surface area contributed by atoms with Crippen LogP contribution in [-0.4, -0.2) is 18.7 Å². The number of hydrogen-bond donors (Lipinski definition) is 2. The number of para-hydroxylation sites is 1. The summed E-state index contributed by atoms with van der Waals surface area (Å²) in [6.45, 7) is 7.00. The summed E-state index contributed by atoms with van der Waals surface area (Å²) >= 11 is 0. The molecule has 0 saturated carbocycles. The monoisotopic (exact) mass is 382 g/mol. The fraction of sp³-hybridized carbons (Fsp3) is 0.227. The molecule has 2 N–H and O–H groups in total. The van der Waals surface area contributed by atoms with E-state index >= 15 is 0 Å². The molecule has 0 aliphatic heterocycles. The number of nitrogens with one attached hydrogen (secondary N) is 2. The van der Waals surface area contributed by atoms with Gasteiger partial charge in [0, 0.05) is 24.2 Å². The lowest BCUT2D eigenvalue weighted by Crippen LogP contribution is -2.21. The quantitative estimate of drug-likeness (QED) is 0.580. The molecule has 0 unspecified atom stereocenters. The van der Waals surface area contributed by atoms with E-state index in [-0.39, 0.29) is 11.4 Å². The molecule has 146 valence electrons. The van der Waals surface area contributed by atoms with Crippen LogP contribution in [0.2, 0.25) is 0 Å². The number of ether oxygens (including phenoxy) is 2. The molecule has 28 heavy (non-hydrogen) atoms. The molecule has 0 fully saturated rings. The van der Waals surface area contributed by atoms with Gasteiger partial charge in [-0.1, -0.05) is 18.7 Å². The molecule has 0 radical (unpaired) electrons. The van der Waals surface area contributed by atoms with Crippen molar-refractivity contribution in [3.8, 4) is 11.5 Å². The van der Waals surface area contributed by atoms with Crippen LogP contribution in [0.1, 0.15) is 18.1 Å². The summed E-state index contributed by atoms with van der Waals surface area (Å²) < 4.78 is 24.5. The largest absolute Gasteiger partial charge is 0.493 e. The Labute approximate surface area is 162 Å². The van der Waals surface area contributed by atoms with E-state index in [9.17, 15) is 9.18 Å². The number of hydrogen-bond acceptors (Lipinski definition) is 4. The lowest BCUT2D eigenvalue weighted by atomic mass is 10.1. The van der Waals surface area contributed by atoms with E-state index < -0.39 is 0 Å². The van der Waals surface area contributed by atoms with Crippen molar-refractivity contribution in [1.29, 1.82) is 0 Å². The van der Waals surface area contributed by atoms with Crippen molar-refractivity contribution in [2.75, 3.05) is 13.7 Å². The number of fused-ring (bicyclic) bond motifs is 1. The van der Waals surface area contributed by atoms with Gasteiger partial charge in [0.05, 0.1) is 12.6 Å². The first-order valence-electron chi connectivity index (χ1n) is 8.93. The number of aromatic amines is 1. The average molecular weight is 382 g/mol. The van der Waals surface area contributed by atoms with Gasteiger partial charge in [-0.3, -0.25) is 4.79 Å². The summed E-state index contributed by atoms with van der Waals surface area (Å²) in [4.78, 5) is 15.0. The molecule has 0 bridgehead atoms. The van der Waals surface area contributed by atoms with Crippen LogP contribution >= 0.6 is 0 Å². The summed E-state index contributed by atoms with van der Waals surface area (Å²) in [6.07, 6.45) is 0. The molecule has 3 aromatic rings. The van der Waals surface area contributed by atoms with Crippen LogP contribution in [0.3, 0.4) is 0 Å². The van der Waals surface area contributed by atoms with Gasteiger partial charge in [-0.2, -0.15) is 0 Å². The molecule has 5 nitrogen and oxygen atoms in total. The molecular weight excluding hydrogens is 359 g/mol. The van der Waals surface area contributed by atoms with Crippen molar-refractivity contribution < 1.29 is 13.9 Å². The van der Waals surface area contributed by atoms with Gasteiger partial charge in [0.15, 0.2) is 11.5 Å². The van der Waals surface area contributed by atoms with E-state index in [1.54, 1.807) is 19.2 Å². The molecule has 0 aliphatic carbocycles. The predicted molar refractivity (Wildman–Crippen MR) is 108 cm³/mol. The summed E-state index contributed by atoms with van der Waals surface area (Å²) in [5.74, 6) is 0.920. The van der Waals surface area contributed by atoms with Crippen molar-refractivity contribution in [3.05, 3.63) is 81.9 Å². The average Bonchev–Trinajstić information content (AvgIpc) is 2.67. The number of pyridine rings is 1. The smallest absolute Gasteiger partial charge is 0.252 e. The first kappa shape index (κ1) is 19.6. The van der Waals surface area contributed by atoms with E-state index in [1.165, 1.54) is 12.1 Å². The van der Waals surface area contributed by atoms with Crippen molar-refractivity contribution in [3.63, 3.8) is 0 Å². The van der Waals surface area contributed by atoms with E-state index in [0.717, 1.165) is 16.5 Å². The highest BCUT2D eigenvalue weighted by molar-refractivity contribution is 5.78. The summed E-state index contributed by atoms with van der Waals surface area (Å²) in [5.41, 5.74) is 2.64. The maximum Gasteiger partial charge on any atom is 0.252 e. The minimum atomic E-state index is -0.380. The van der Waals surface area contributed by atoms with Crippen LogP contribution in [0.15, 0.2) is 59.4 Å². The number of rotatable bonds is 8. The minimum absolute atomic E-state index is 0.241. The number of benzene rings is 2. The van der Waals surface area contributed by atoms with Crippen LogP contribution in [0.5, 0.6) is 11.5 Å². The van der Waals surface area contributed by atoms with Gasteiger partial charge < -0.3 is 19.8 Å². The van der Waals surface area contributed by atoms with Gasteiger partial charge >= 0.3 is 0 Å². The second-order valence-electron chi connectivity index (χ2n) is 6.65. The van der Waals surface area contributed by atoms with E-state index in [0.29, 0.717) is 42.3 Å². The molecule has 0 amide bonds. The Morgan fingerprint density at radius 2 is 1.96 bits per heavy atom. The molecule has 0 atom stereocenters. The fourth-order valence-electron chi connectivity index (χ4n) is 2.90. The third-order valence-corrected chi connectivity index (χ3v) is 4.26. The van der Waals surface area contributed by atoms with Gasteiger partial charge in [-0.15, -0.1) is 0 Å². The van der Waals surface area contributed by atoms with Crippen LogP contribution in [0, 0.1) is 5.82 Å². The maximum atomic E-state index is 13.3. The highest BCUT2D eigenvalue weighted by Crippen LogP contribution is 2.31. The SMILES string of the molecule is C=C(C)COc1c(CNCc2cc3ccc(F)cc3[nH]c2=O)cccc1OC. The van der Waals surface area contributed by atoms with Crippen molar-refractivity contribution in [2.45, 2.75) is 20.0 Å². The van der Waals surface area contributed by atoms with Gasteiger partial charge in [0.1, 0.15) is 12.4 Å². The molecule has 2 aromatic carbocycles. The van der Waals surface area contributed by atoms with E-state index in [2.05, 4.69) is 16.9 Å². The normalized spacial score (nSPS) is 10.8. The van der Waals surface area contributed by atoms with Gasteiger partial charge in [0.2, 0.25) is 0 Å². The number of H-pyrrole nitrogens is 1. The number of methoxy groups -OCH3 is 1. The Morgan fingerprint density at radius 1 is 1.18 bits per heavy atom. The summed E-state index contributed by atoms with van der Waals surface area (Å²) in [7, 11) is 1.59. The van der Waals surface area contributed by atoms with Gasteiger partial charge in [0.25, 0.3) is 5.56 Å². The Kier molecular flexibility index (Phi) is 6.11. The summed E-state index contributed by atoms with van der Waals surface area (Å²) in [6, 6.07) is 11.8. The third kappa shape index (κ3) is 4.58. The van der Waals surface area contributed by atoms with E-state index in [1.807, 2.05) is 25.1 Å². The fourth-order valence-corrected chi connectivity index (χ4v) is 2.90. The lowest BCUT2D eigenvalue weighted by molar-refractivity contribution is 0.315. The zero-order chi connectivity index (χ0) is 20.1. The molecule has 6 heteroatoms. The number of aromatic nitrogens is 1. The van der Waals surface area contributed by atoms with E-state index in [4.69, 9.17) is 9.47 Å². The molecule has 0 aliphatic rings. The topological polar surface area (TPSA) is 63.3 Å². The van der Waals surface area contributed by atoms with Crippen LogP contribution < -0.4 is 20.3 Å². The molecule has 1 heterocycles. The first-order valence-corrected chi connectivity index (χ1v) is 8.93. The van der Waals surface area contributed by atoms with Crippen LogP contribution in [0.4, 0.5) is 4.39 Å². The molecular formula is C22H23FN2O3. The zero-order valence-corrected chi connectivity index (χ0v) is 16.0. The minimum Gasteiger partial charge on any atom is -0.493 e. The van der Waals surface area contributed by atoms with Crippen LogP contribution in [0.25, 0.3) is 10.9 Å². The second-order valence-corrected chi connectivity index (χ2v) is 6.65. The Morgan fingerprint density at radius 3 is 2.71 bits per heavy atom. The Balaban J connectivity index is 1.75. The Bertz CT molecular complexity index is 1060. The van der Waals surface area contributed by atoms with Gasteiger partial charge in [-0.05, 0) is 48.2 Å². The molecule has 1 aromatic heterocycles. The zero-order valence-electron chi connectivity index (χ0n) is 16.0. The van der Waals surface area contributed by atoms with Crippen molar-refractivity contribution in [2.24, 2.45) is 0 Å². The third-order valence-electron chi connectivity index (χ3n) is 4.26. The highest BCUT2D eigenvalue weighted by atomic mass is 19.1. The standard InChI is InChI=1S/C22H23FN2O3/c1-14(2)13-28-21-16(5-4-6-20(21)27-3)11-24-12-17-9-15-7-8-18(23)10-19(15)25-22(17)26/h4-10,24H,1,11-13H2,2-3H3,(H,25,26).